The van der Waals surface area contributed by atoms with E-state index in [2.05, 4.69) is 5.32 Å². The maximum atomic E-state index is 14.1. The molecule has 0 spiro atoms. The number of hydrogen-bond donors (Lipinski definition) is 2. The van der Waals surface area contributed by atoms with Crippen LogP contribution in [0.15, 0.2) is 35.9 Å². The molecule has 1 aromatic carbocycles. The maximum absolute atomic E-state index is 14.1. The first-order valence-electron chi connectivity index (χ1n) is 16.7. The highest BCUT2D eigenvalue weighted by atomic mass is 35.5. The molecule has 2 fully saturated rings. The third-order valence-corrected chi connectivity index (χ3v) is 10.4. The molecule has 1 aromatic rings. The number of carbonyl (C=O) groups is 4. The molecule has 13 nitrogen and oxygen atoms in total. The zero-order valence-electron chi connectivity index (χ0n) is 30.4. The number of benzene rings is 1. The Labute approximate surface area is 298 Å². The molecule has 3 aliphatic heterocycles. The summed E-state index contributed by atoms with van der Waals surface area (Å²) in [5, 5.41) is 14.4. The van der Waals surface area contributed by atoms with Crippen LogP contribution in [0.3, 0.4) is 0 Å². The Morgan fingerprint density at radius 2 is 1.88 bits per heavy atom. The highest BCUT2D eigenvalue weighted by Crippen LogP contribution is 2.49. The van der Waals surface area contributed by atoms with Crippen LogP contribution in [0.5, 0.6) is 5.75 Å². The van der Waals surface area contributed by atoms with E-state index >= 15 is 0 Å². The van der Waals surface area contributed by atoms with Gasteiger partial charge in [-0.1, -0.05) is 56.2 Å². The van der Waals surface area contributed by atoms with E-state index in [4.69, 9.17) is 35.3 Å². The number of epoxide rings is 1. The number of carbonyl (C=O) groups excluding carboxylic acids is 4. The van der Waals surface area contributed by atoms with E-state index in [0.717, 1.165) is 11.1 Å². The molecule has 0 saturated carbocycles. The average Bonchev–Trinajstić information content (AvgIpc) is 3.76. The number of amides is 3. The lowest BCUT2D eigenvalue weighted by molar-refractivity contribution is -0.162. The quantitative estimate of drug-likeness (QED) is 0.323. The second-order valence-corrected chi connectivity index (χ2v) is 14.4. The van der Waals surface area contributed by atoms with Gasteiger partial charge >= 0.3 is 12.1 Å². The summed E-state index contributed by atoms with van der Waals surface area (Å²) in [7, 11) is 6.02. The van der Waals surface area contributed by atoms with Gasteiger partial charge in [-0.3, -0.25) is 14.9 Å². The third kappa shape index (κ3) is 8.11. The summed E-state index contributed by atoms with van der Waals surface area (Å²) in [6.07, 6.45) is 1.00. The van der Waals surface area contributed by atoms with E-state index in [1.807, 2.05) is 13.0 Å². The number of allylic oxidation sites excluding steroid dienone is 3. The second kappa shape index (κ2) is 15.3. The van der Waals surface area contributed by atoms with Gasteiger partial charge in [0.1, 0.15) is 40.7 Å². The Morgan fingerprint density at radius 1 is 1.20 bits per heavy atom. The van der Waals surface area contributed by atoms with Crippen molar-refractivity contribution >= 4 is 41.2 Å². The minimum Gasteiger partial charge on any atom is -0.495 e. The van der Waals surface area contributed by atoms with Crippen LogP contribution in [-0.2, 0) is 39.8 Å². The Kier molecular flexibility index (Phi) is 12.0. The Balaban J connectivity index is 1.78. The SMILES string of the molecule is COc1cc2cc(c1Cl)N(C)C(=O)C[C@H](OC(=O)[C@H](C)N(C)C(=O)C(C)C)C1(C)O[C@H]1[C@H](C)C1C[C@@](O)(NC(=O)O1)[C@H](OC)/C=C/C=C(\C)C2. The van der Waals surface area contributed by atoms with Gasteiger partial charge in [-0.25, -0.2) is 9.59 Å². The summed E-state index contributed by atoms with van der Waals surface area (Å²) < 4.78 is 29.1. The Hall–Kier alpha value is -3.65. The lowest BCUT2D eigenvalue weighted by atomic mass is 9.83. The standard InChI is InChI=1S/C36H50ClN3O10/c1-19(2)32(42)39(7)22(5)33(43)49-28-17-29(41)40(8)24-15-23(16-25(46-9)30(24)37)14-20(3)12-11-13-27(47-10)36(45)18-26(48-34(44)38-36)21(4)31-35(28,6)50-31/h11-13,15-16,19,21-22,26-28,31,45H,14,17-18H2,1-10H3,(H,38,44)/b13-11+,20-12+/t21-,22+,26?,27-,28+,31+,35?,36+/m1/s1. The molecule has 3 heterocycles. The molecule has 4 bridgehead atoms. The molecule has 4 rings (SSSR count). The summed E-state index contributed by atoms with van der Waals surface area (Å²) in [4.78, 5) is 55.8. The molecular formula is C36H50ClN3O10. The minimum absolute atomic E-state index is 0.0449. The lowest BCUT2D eigenvalue weighted by Crippen LogP contribution is -2.63. The van der Waals surface area contributed by atoms with Gasteiger partial charge in [0.15, 0.2) is 5.72 Å². The van der Waals surface area contributed by atoms with Crippen LogP contribution in [-0.4, -0.2) is 104 Å². The number of anilines is 1. The predicted molar refractivity (Wildman–Crippen MR) is 186 cm³/mol. The number of alkyl carbamates (subject to hydrolysis) is 1. The second-order valence-electron chi connectivity index (χ2n) is 14.0. The third-order valence-electron chi connectivity index (χ3n) is 9.97. The summed E-state index contributed by atoms with van der Waals surface area (Å²) in [6.45, 7) is 10.5. The smallest absolute Gasteiger partial charge is 0.409 e. The number of hydrogen-bond acceptors (Lipinski definition) is 10. The summed E-state index contributed by atoms with van der Waals surface area (Å²) >= 11 is 6.74. The number of nitrogens with zero attached hydrogens (tertiary/aromatic N) is 2. The minimum atomic E-state index is -1.82. The van der Waals surface area contributed by atoms with E-state index < -0.39 is 65.7 Å². The highest BCUT2D eigenvalue weighted by molar-refractivity contribution is 6.35. The van der Waals surface area contributed by atoms with Crippen molar-refractivity contribution in [3.63, 3.8) is 0 Å². The first-order chi connectivity index (χ1) is 23.4. The molecule has 50 heavy (non-hydrogen) atoms. The molecule has 2 saturated heterocycles. The molecule has 0 aliphatic carbocycles. The molecule has 276 valence electrons. The van der Waals surface area contributed by atoms with E-state index in [1.54, 1.807) is 66.0 Å². The largest absolute Gasteiger partial charge is 0.495 e. The monoisotopic (exact) mass is 719 g/mol. The van der Waals surface area contributed by atoms with Crippen molar-refractivity contribution in [2.75, 3.05) is 33.2 Å². The number of halogens is 1. The van der Waals surface area contributed by atoms with E-state index in [-0.39, 0.29) is 29.7 Å². The summed E-state index contributed by atoms with van der Waals surface area (Å²) in [6, 6.07) is 2.63. The number of esters is 1. The number of methoxy groups -OCH3 is 2. The van der Waals surface area contributed by atoms with E-state index in [1.165, 1.54) is 31.1 Å². The first-order valence-corrected chi connectivity index (χ1v) is 17.1. The van der Waals surface area contributed by atoms with Gasteiger partial charge in [0.2, 0.25) is 11.8 Å². The van der Waals surface area contributed by atoms with Crippen molar-refractivity contribution in [3.8, 4) is 5.75 Å². The van der Waals surface area contributed by atoms with Crippen molar-refractivity contribution in [1.29, 1.82) is 0 Å². The molecule has 3 amide bonds. The van der Waals surface area contributed by atoms with Gasteiger partial charge in [-0.15, -0.1) is 0 Å². The number of fused-ring (bicyclic) bond motifs is 5. The highest BCUT2D eigenvalue weighted by Gasteiger charge is 2.64. The Morgan fingerprint density at radius 3 is 2.50 bits per heavy atom. The number of ether oxygens (including phenoxy) is 5. The maximum Gasteiger partial charge on any atom is 0.409 e. The fraction of sp³-hybridized carbons (Fsp3) is 0.611. The topological polar surface area (TPSA) is 156 Å². The number of aliphatic hydroxyl groups is 1. The molecule has 8 atom stereocenters. The predicted octanol–water partition coefficient (Wildman–Crippen LogP) is 4.17. The molecule has 0 radical (unpaired) electrons. The molecule has 0 aromatic heterocycles. The van der Waals surface area contributed by atoms with Crippen molar-refractivity contribution < 1.29 is 48.0 Å². The van der Waals surface area contributed by atoms with Gasteiger partial charge in [0.25, 0.3) is 0 Å². The van der Waals surface area contributed by atoms with Crippen LogP contribution in [0, 0.1) is 11.8 Å². The number of likely N-dealkylation sites (N-methyl/N-ethyl adjacent to an activating group) is 1. The molecule has 2 unspecified atom stereocenters. The van der Waals surface area contributed by atoms with Gasteiger partial charge in [0.05, 0.1) is 25.3 Å². The number of nitrogens with one attached hydrogen (secondary N) is 1. The van der Waals surface area contributed by atoms with Crippen LogP contribution < -0.4 is 15.0 Å². The van der Waals surface area contributed by atoms with Crippen molar-refractivity contribution in [2.45, 2.75) is 103 Å². The lowest BCUT2D eigenvalue weighted by Gasteiger charge is -2.42. The molecule has 14 heteroatoms. The zero-order chi connectivity index (χ0) is 37.3. The van der Waals surface area contributed by atoms with Gasteiger partial charge in [-0.05, 0) is 44.9 Å². The van der Waals surface area contributed by atoms with Gasteiger partial charge < -0.3 is 38.6 Å². The van der Waals surface area contributed by atoms with Crippen LogP contribution in [0.4, 0.5) is 10.5 Å². The average molecular weight is 720 g/mol. The zero-order valence-corrected chi connectivity index (χ0v) is 31.2. The van der Waals surface area contributed by atoms with Crippen LogP contribution in [0.1, 0.15) is 59.9 Å². The Bertz CT molecular complexity index is 1550. The van der Waals surface area contributed by atoms with Gasteiger partial charge in [0, 0.05) is 39.5 Å². The van der Waals surface area contributed by atoms with E-state index in [0.29, 0.717) is 17.9 Å². The summed E-state index contributed by atoms with van der Waals surface area (Å²) in [5.41, 5.74) is -0.881. The van der Waals surface area contributed by atoms with Gasteiger partial charge in [-0.2, -0.15) is 0 Å². The first kappa shape index (κ1) is 39.1. The molecule has 2 N–H and O–H groups in total. The van der Waals surface area contributed by atoms with Crippen molar-refractivity contribution in [1.82, 2.24) is 10.2 Å². The van der Waals surface area contributed by atoms with Crippen LogP contribution in [0.25, 0.3) is 0 Å². The molecular weight excluding hydrogens is 670 g/mol. The summed E-state index contributed by atoms with van der Waals surface area (Å²) in [5.74, 6) is -1.88. The molecule has 3 aliphatic rings. The normalized spacial score (nSPS) is 32.5. The van der Waals surface area contributed by atoms with Crippen molar-refractivity contribution in [2.24, 2.45) is 11.8 Å². The number of rotatable bonds is 6. The fourth-order valence-electron chi connectivity index (χ4n) is 6.60. The van der Waals surface area contributed by atoms with E-state index in [9.17, 15) is 24.3 Å². The van der Waals surface area contributed by atoms with Crippen molar-refractivity contribution in [3.05, 3.63) is 46.5 Å². The fourth-order valence-corrected chi connectivity index (χ4v) is 6.91. The van der Waals surface area contributed by atoms with Crippen LogP contribution in [0.2, 0.25) is 5.02 Å². The van der Waals surface area contributed by atoms with Crippen LogP contribution >= 0.6 is 11.6 Å².